The molecule has 0 saturated heterocycles. The molecule has 3 aromatic rings. The molecule has 2 heterocycles. The molecule has 2 aromatic carbocycles. The van der Waals surface area contributed by atoms with Gasteiger partial charge in [-0.15, -0.1) is 8.78 Å². The van der Waals surface area contributed by atoms with Gasteiger partial charge in [0.1, 0.15) is 11.6 Å². The third kappa shape index (κ3) is 4.47. The second-order valence-corrected chi connectivity index (χ2v) is 10.5. The van der Waals surface area contributed by atoms with Crippen molar-refractivity contribution in [2.75, 3.05) is 13.2 Å². The zero-order valence-corrected chi connectivity index (χ0v) is 20.4. The van der Waals surface area contributed by atoms with E-state index in [-0.39, 0.29) is 42.4 Å². The molecule has 198 valence electrons. The number of rotatable bonds is 9. The summed E-state index contributed by atoms with van der Waals surface area (Å²) >= 11 is 0. The van der Waals surface area contributed by atoms with Gasteiger partial charge >= 0.3 is 6.29 Å². The molecule has 0 radical (unpaired) electrons. The highest BCUT2D eigenvalue weighted by molar-refractivity contribution is 5.95. The van der Waals surface area contributed by atoms with Crippen LogP contribution in [-0.2, 0) is 28.6 Å². The van der Waals surface area contributed by atoms with Gasteiger partial charge in [0.05, 0.1) is 36.8 Å². The van der Waals surface area contributed by atoms with Crippen LogP contribution < -0.4 is 9.47 Å². The minimum Gasteiger partial charge on any atom is -0.395 e. The van der Waals surface area contributed by atoms with E-state index in [0.717, 1.165) is 0 Å². The van der Waals surface area contributed by atoms with Gasteiger partial charge in [-0.3, -0.25) is 4.79 Å². The lowest BCUT2D eigenvalue weighted by Gasteiger charge is -2.25. The van der Waals surface area contributed by atoms with Crippen LogP contribution in [0.25, 0.3) is 10.9 Å². The molecule has 0 spiro atoms. The first kappa shape index (κ1) is 25.6. The Kier molecular flexibility index (Phi) is 6.04. The zero-order chi connectivity index (χ0) is 26.8. The lowest BCUT2D eigenvalue weighted by Crippen LogP contribution is -2.29. The van der Waals surface area contributed by atoms with E-state index in [0.29, 0.717) is 35.0 Å². The summed E-state index contributed by atoms with van der Waals surface area (Å²) in [6.45, 7) is 2.94. The molecule has 1 aliphatic carbocycles. The lowest BCUT2D eigenvalue weighted by atomic mass is 9.87. The third-order valence-corrected chi connectivity index (χ3v) is 7.35. The van der Waals surface area contributed by atoms with Crippen molar-refractivity contribution in [3.05, 3.63) is 59.0 Å². The number of carbonyl (C=O) groups excluding carboxylic acids is 1. The predicted octanol–water partition coefficient (Wildman–Crippen LogP) is 3.57. The normalized spacial score (nSPS) is 18.3. The molecule has 37 heavy (non-hydrogen) atoms. The number of hydrogen-bond acceptors (Lipinski definition) is 6. The number of Topliss-reactive ketones (excluding diaryl/α,β-unsaturated/α-hetero) is 1. The summed E-state index contributed by atoms with van der Waals surface area (Å²) in [5, 5.41) is 29.9. The number of nitrogens with zero attached hydrogens (tertiary/aromatic N) is 1. The van der Waals surface area contributed by atoms with Gasteiger partial charge in [-0.05, 0) is 54.3 Å². The summed E-state index contributed by atoms with van der Waals surface area (Å²) in [5.41, 5.74) is 0.208. The highest BCUT2D eigenvalue weighted by Gasteiger charge is 2.52. The molecule has 7 nitrogen and oxygen atoms in total. The maximum absolute atomic E-state index is 15.3. The average molecular weight is 520 g/mol. The molecule has 1 aliphatic heterocycles. The molecule has 1 atom stereocenters. The van der Waals surface area contributed by atoms with Crippen molar-refractivity contribution in [1.82, 2.24) is 4.57 Å². The van der Waals surface area contributed by atoms with Crippen LogP contribution in [0.4, 0.5) is 13.2 Å². The van der Waals surface area contributed by atoms with E-state index >= 15 is 4.39 Å². The standard InChI is InChI=1S/C27H28F3NO6/c1-25(2,14-33)23-8-16-7-15(19(28)11-20(16)31(23)12-18(34)13-32)9-24(35)26(5-6-26)17-3-4-21-22(10-17)37-27(29,30)36-21/h3-4,7-8,10-11,18,32-34H,5-6,9,12-14H2,1-2H3/t18-/m1/s1. The molecule has 2 aliphatic rings. The molecule has 1 saturated carbocycles. The van der Waals surface area contributed by atoms with Gasteiger partial charge < -0.3 is 29.4 Å². The smallest absolute Gasteiger partial charge is 0.395 e. The number of ether oxygens (including phenoxy) is 2. The van der Waals surface area contributed by atoms with Gasteiger partial charge in [-0.25, -0.2) is 4.39 Å². The van der Waals surface area contributed by atoms with Crippen molar-refractivity contribution < 1.29 is 42.8 Å². The van der Waals surface area contributed by atoms with Gasteiger partial charge in [0.2, 0.25) is 0 Å². The number of halogens is 3. The summed E-state index contributed by atoms with van der Waals surface area (Å²) in [6.07, 6.45) is -4.01. The number of ketones is 1. The van der Waals surface area contributed by atoms with E-state index in [9.17, 15) is 28.9 Å². The molecule has 0 unspecified atom stereocenters. The van der Waals surface area contributed by atoms with Crippen molar-refractivity contribution in [1.29, 1.82) is 0 Å². The van der Waals surface area contributed by atoms with Crippen LogP contribution in [0.5, 0.6) is 11.5 Å². The van der Waals surface area contributed by atoms with E-state index in [2.05, 4.69) is 9.47 Å². The number of benzene rings is 2. The minimum atomic E-state index is -3.76. The molecular weight excluding hydrogens is 491 g/mol. The molecule has 3 N–H and O–H groups in total. The molecule has 10 heteroatoms. The molecule has 0 bridgehead atoms. The van der Waals surface area contributed by atoms with Crippen LogP contribution in [-0.4, -0.2) is 51.3 Å². The van der Waals surface area contributed by atoms with Gasteiger partial charge in [0.15, 0.2) is 11.5 Å². The number of aromatic nitrogens is 1. The fraction of sp³-hybridized carbons (Fsp3) is 0.444. The number of aliphatic hydroxyl groups is 3. The maximum atomic E-state index is 15.3. The Labute approximate surface area is 211 Å². The van der Waals surface area contributed by atoms with Gasteiger partial charge in [-0.2, -0.15) is 0 Å². The SMILES string of the molecule is CC(C)(CO)c1cc2cc(CC(=O)C3(c4ccc5c(c4)OC(F)(F)O5)CC3)c(F)cc2n1C[C@@H](O)CO. The molecule has 5 rings (SSSR count). The second-order valence-electron chi connectivity index (χ2n) is 10.5. The quantitative estimate of drug-likeness (QED) is 0.400. The van der Waals surface area contributed by atoms with Crippen LogP contribution >= 0.6 is 0 Å². The summed E-state index contributed by atoms with van der Waals surface area (Å²) < 4.78 is 52.8. The van der Waals surface area contributed by atoms with Crippen molar-refractivity contribution in [2.24, 2.45) is 0 Å². The highest BCUT2D eigenvalue weighted by Crippen LogP contribution is 2.52. The predicted molar refractivity (Wildman–Crippen MR) is 127 cm³/mol. The first-order valence-corrected chi connectivity index (χ1v) is 12.0. The second kappa shape index (κ2) is 8.75. The third-order valence-electron chi connectivity index (χ3n) is 7.35. The van der Waals surface area contributed by atoms with Crippen LogP contribution in [0.1, 0.15) is 43.5 Å². The Morgan fingerprint density at radius 2 is 1.81 bits per heavy atom. The Balaban J connectivity index is 1.46. The van der Waals surface area contributed by atoms with Gasteiger partial charge in [-0.1, -0.05) is 19.9 Å². The van der Waals surface area contributed by atoms with Crippen molar-refractivity contribution in [3.63, 3.8) is 0 Å². The number of carbonyl (C=O) groups is 1. The Bertz CT molecular complexity index is 1380. The van der Waals surface area contributed by atoms with Crippen molar-refractivity contribution in [3.8, 4) is 11.5 Å². The van der Waals surface area contributed by atoms with E-state index in [1.54, 1.807) is 22.8 Å². The van der Waals surface area contributed by atoms with Crippen LogP contribution in [0.2, 0.25) is 0 Å². The largest absolute Gasteiger partial charge is 0.586 e. The van der Waals surface area contributed by atoms with Crippen molar-refractivity contribution in [2.45, 2.75) is 62.9 Å². The molecule has 0 amide bonds. The fourth-order valence-corrected chi connectivity index (χ4v) is 5.02. The molecule has 1 fully saturated rings. The number of alkyl halides is 2. The van der Waals surface area contributed by atoms with E-state index in [4.69, 9.17) is 0 Å². The average Bonchev–Trinajstić information content (AvgIpc) is 3.50. The fourth-order valence-electron chi connectivity index (χ4n) is 5.02. The topological polar surface area (TPSA) is 101 Å². The summed E-state index contributed by atoms with van der Waals surface area (Å²) in [7, 11) is 0. The monoisotopic (exact) mass is 519 g/mol. The Morgan fingerprint density at radius 1 is 1.11 bits per heavy atom. The van der Waals surface area contributed by atoms with E-state index < -0.39 is 35.7 Å². The summed E-state index contributed by atoms with van der Waals surface area (Å²) in [4.78, 5) is 13.4. The summed E-state index contributed by atoms with van der Waals surface area (Å²) in [6, 6.07) is 8.95. The van der Waals surface area contributed by atoms with Gasteiger partial charge in [0.25, 0.3) is 0 Å². The van der Waals surface area contributed by atoms with E-state index in [1.807, 2.05) is 13.8 Å². The first-order valence-electron chi connectivity index (χ1n) is 12.0. The molecular formula is C27H28F3NO6. The Hall–Kier alpha value is -3.08. The maximum Gasteiger partial charge on any atom is 0.586 e. The highest BCUT2D eigenvalue weighted by atomic mass is 19.3. The van der Waals surface area contributed by atoms with Crippen molar-refractivity contribution >= 4 is 16.7 Å². The van der Waals surface area contributed by atoms with E-state index in [1.165, 1.54) is 18.2 Å². The number of hydrogen-bond donors (Lipinski definition) is 3. The minimum absolute atomic E-state index is 0.00273. The number of aliphatic hydroxyl groups excluding tert-OH is 3. The summed E-state index contributed by atoms with van der Waals surface area (Å²) in [5.74, 6) is -1.08. The van der Waals surface area contributed by atoms with Crippen LogP contribution in [0.3, 0.4) is 0 Å². The zero-order valence-electron chi connectivity index (χ0n) is 20.4. The van der Waals surface area contributed by atoms with Crippen LogP contribution in [0.15, 0.2) is 36.4 Å². The molecule has 1 aromatic heterocycles. The van der Waals surface area contributed by atoms with Crippen LogP contribution in [0, 0.1) is 5.82 Å². The first-order chi connectivity index (χ1) is 17.4. The van der Waals surface area contributed by atoms with Gasteiger partial charge in [0, 0.05) is 22.9 Å². The Morgan fingerprint density at radius 3 is 2.46 bits per heavy atom. The lowest BCUT2D eigenvalue weighted by molar-refractivity contribution is -0.286. The number of fused-ring (bicyclic) bond motifs is 2.